The van der Waals surface area contributed by atoms with E-state index in [9.17, 15) is 4.79 Å². The summed E-state index contributed by atoms with van der Waals surface area (Å²) < 4.78 is 21.2. The fourth-order valence-corrected chi connectivity index (χ4v) is 2.34. The number of aromatic nitrogens is 1. The maximum atomic E-state index is 12.2. The van der Waals surface area contributed by atoms with Crippen molar-refractivity contribution in [1.29, 1.82) is 0 Å². The lowest BCUT2D eigenvalue weighted by atomic mass is 10.1. The summed E-state index contributed by atoms with van der Waals surface area (Å²) in [6, 6.07) is 7.16. The summed E-state index contributed by atoms with van der Waals surface area (Å²) in [5.41, 5.74) is 1.90. The van der Waals surface area contributed by atoms with Crippen LogP contribution in [0.25, 0.3) is 11.0 Å². The molecule has 0 amide bonds. The lowest BCUT2D eigenvalue weighted by molar-refractivity contribution is 0.0429. The van der Waals surface area contributed by atoms with Gasteiger partial charge in [-0.15, -0.1) is 0 Å². The van der Waals surface area contributed by atoms with Gasteiger partial charge in [-0.25, -0.2) is 4.79 Å². The van der Waals surface area contributed by atoms with Gasteiger partial charge in [0.1, 0.15) is 29.4 Å². The Morgan fingerprint density at radius 2 is 2.09 bits per heavy atom. The quantitative estimate of drug-likeness (QED) is 0.667. The van der Waals surface area contributed by atoms with E-state index in [0.717, 1.165) is 16.7 Å². The number of fused-ring (bicyclic) bond motifs is 1. The lowest BCUT2D eigenvalue weighted by Gasteiger charge is -2.01. The van der Waals surface area contributed by atoms with Gasteiger partial charge in [-0.05, 0) is 39.0 Å². The molecule has 120 valence electrons. The summed E-state index contributed by atoms with van der Waals surface area (Å²) in [5, 5.41) is 4.61. The number of furan rings is 1. The fourth-order valence-electron chi connectivity index (χ4n) is 2.34. The second-order valence-electron chi connectivity index (χ2n) is 5.15. The van der Waals surface area contributed by atoms with Crippen LogP contribution in [0.2, 0.25) is 0 Å². The van der Waals surface area contributed by atoms with Gasteiger partial charge in [0.05, 0.1) is 6.61 Å². The van der Waals surface area contributed by atoms with E-state index >= 15 is 0 Å². The van der Waals surface area contributed by atoms with Gasteiger partial charge < -0.3 is 18.4 Å². The molecule has 0 saturated carbocycles. The zero-order chi connectivity index (χ0) is 16.4. The molecule has 2 heterocycles. The van der Waals surface area contributed by atoms with E-state index in [0.29, 0.717) is 23.6 Å². The van der Waals surface area contributed by atoms with Gasteiger partial charge in [-0.3, -0.25) is 0 Å². The van der Waals surface area contributed by atoms with E-state index in [-0.39, 0.29) is 12.4 Å². The van der Waals surface area contributed by atoms with E-state index in [1.54, 1.807) is 19.1 Å². The third kappa shape index (κ3) is 3.06. The topological polar surface area (TPSA) is 74.7 Å². The van der Waals surface area contributed by atoms with Crippen LogP contribution in [0.4, 0.5) is 0 Å². The highest BCUT2D eigenvalue weighted by Crippen LogP contribution is 2.29. The van der Waals surface area contributed by atoms with Crippen molar-refractivity contribution in [2.24, 2.45) is 0 Å². The molecule has 1 aromatic carbocycles. The Morgan fingerprint density at radius 3 is 2.78 bits per heavy atom. The Hall–Kier alpha value is -2.76. The minimum Gasteiger partial charge on any atom is -0.494 e. The third-order valence-electron chi connectivity index (χ3n) is 3.43. The molecule has 3 aromatic rings. The second-order valence-corrected chi connectivity index (χ2v) is 5.15. The summed E-state index contributed by atoms with van der Waals surface area (Å²) in [6.07, 6.45) is 0. The molecule has 0 atom stereocenters. The molecule has 2 aromatic heterocycles. The van der Waals surface area contributed by atoms with Crippen LogP contribution in [-0.4, -0.2) is 17.7 Å². The first kappa shape index (κ1) is 15.1. The molecule has 0 saturated heterocycles. The highest BCUT2D eigenvalue weighted by Gasteiger charge is 2.20. The summed E-state index contributed by atoms with van der Waals surface area (Å²) >= 11 is 0. The van der Waals surface area contributed by atoms with Crippen LogP contribution in [0, 0.1) is 13.8 Å². The molecule has 0 radical (unpaired) electrons. The molecule has 0 N–H and O–H groups in total. The number of aryl methyl sites for hydroxylation is 2. The highest BCUT2D eigenvalue weighted by molar-refractivity contribution is 5.96. The molecule has 0 aliphatic rings. The van der Waals surface area contributed by atoms with Crippen molar-refractivity contribution < 1.29 is 23.2 Å². The van der Waals surface area contributed by atoms with Gasteiger partial charge in [0, 0.05) is 17.0 Å². The lowest BCUT2D eigenvalue weighted by Crippen LogP contribution is -2.05. The first-order valence-electron chi connectivity index (χ1n) is 7.33. The van der Waals surface area contributed by atoms with Gasteiger partial charge in [0.2, 0.25) is 5.76 Å². The number of benzene rings is 1. The van der Waals surface area contributed by atoms with Crippen LogP contribution in [-0.2, 0) is 11.3 Å². The molecule has 0 spiro atoms. The summed E-state index contributed by atoms with van der Waals surface area (Å²) in [4.78, 5) is 12.2. The van der Waals surface area contributed by atoms with E-state index < -0.39 is 5.97 Å². The summed E-state index contributed by atoms with van der Waals surface area (Å²) in [7, 11) is 0. The Balaban J connectivity index is 1.81. The summed E-state index contributed by atoms with van der Waals surface area (Å²) in [6.45, 7) is 6.13. The van der Waals surface area contributed by atoms with E-state index in [4.69, 9.17) is 18.4 Å². The first-order chi connectivity index (χ1) is 11.1. The highest BCUT2D eigenvalue weighted by atomic mass is 16.5. The monoisotopic (exact) mass is 315 g/mol. The van der Waals surface area contributed by atoms with Crippen LogP contribution >= 0.6 is 0 Å². The number of rotatable bonds is 5. The summed E-state index contributed by atoms with van der Waals surface area (Å²) in [5.74, 6) is 1.06. The van der Waals surface area contributed by atoms with E-state index in [1.807, 2.05) is 26.0 Å². The maximum absolute atomic E-state index is 12.2. The number of esters is 1. The molecule has 0 aliphatic carbocycles. The SMILES string of the molecule is CCOc1ccc2oc(C(=O)OCc3cc(C)on3)c(C)c2c1. The largest absolute Gasteiger partial charge is 0.494 e. The molecule has 0 aliphatic heterocycles. The van der Waals surface area contributed by atoms with Gasteiger partial charge >= 0.3 is 5.97 Å². The minimum atomic E-state index is -0.530. The van der Waals surface area contributed by atoms with Gasteiger partial charge in [0.25, 0.3) is 0 Å². The zero-order valence-electron chi connectivity index (χ0n) is 13.2. The number of nitrogens with zero attached hydrogens (tertiary/aromatic N) is 1. The average molecular weight is 315 g/mol. The fraction of sp³-hybridized carbons (Fsp3) is 0.294. The van der Waals surface area contributed by atoms with Gasteiger partial charge in [-0.1, -0.05) is 5.16 Å². The molecule has 0 unspecified atom stereocenters. The van der Waals surface area contributed by atoms with Crippen molar-refractivity contribution in [3.63, 3.8) is 0 Å². The van der Waals surface area contributed by atoms with Crippen LogP contribution in [0.5, 0.6) is 5.75 Å². The zero-order valence-corrected chi connectivity index (χ0v) is 13.2. The minimum absolute atomic E-state index is 0.0385. The van der Waals surface area contributed by atoms with Crippen LogP contribution in [0.15, 0.2) is 33.2 Å². The Morgan fingerprint density at radius 1 is 1.26 bits per heavy atom. The smallest absolute Gasteiger partial charge is 0.374 e. The molecule has 3 rings (SSSR count). The maximum Gasteiger partial charge on any atom is 0.374 e. The number of hydrogen-bond donors (Lipinski definition) is 0. The molecule has 6 nitrogen and oxygen atoms in total. The molecule has 6 heteroatoms. The van der Waals surface area contributed by atoms with E-state index in [1.165, 1.54) is 0 Å². The van der Waals surface area contributed by atoms with Crippen molar-refractivity contribution >= 4 is 16.9 Å². The molecular formula is C17H17NO5. The Labute approximate surface area is 133 Å². The molecular weight excluding hydrogens is 298 g/mol. The normalized spacial score (nSPS) is 10.9. The van der Waals surface area contributed by atoms with Crippen LogP contribution in [0.3, 0.4) is 0 Å². The van der Waals surface area contributed by atoms with Gasteiger partial charge in [-0.2, -0.15) is 0 Å². The number of ether oxygens (including phenoxy) is 2. The predicted octanol–water partition coefficient (Wildman–Crippen LogP) is 3.79. The van der Waals surface area contributed by atoms with Gasteiger partial charge in [0.15, 0.2) is 0 Å². The van der Waals surface area contributed by atoms with Crippen LogP contribution in [0.1, 0.15) is 34.5 Å². The molecule has 0 fully saturated rings. The van der Waals surface area contributed by atoms with Crippen molar-refractivity contribution in [3.05, 3.63) is 47.0 Å². The Kier molecular flexibility index (Phi) is 4.06. The van der Waals surface area contributed by atoms with Crippen molar-refractivity contribution in [2.75, 3.05) is 6.61 Å². The third-order valence-corrected chi connectivity index (χ3v) is 3.43. The molecule has 0 bridgehead atoms. The predicted molar refractivity (Wildman–Crippen MR) is 82.5 cm³/mol. The van der Waals surface area contributed by atoms with Crippen molar-refractivity contribution in [1.82, 2.24) is 5.16 Å². The van der Waals surface area contributed by atoms with Crippen LogP contribution < -0.4 is 4.74 Å². The standard InChI is InChI=1S/C17H17NO5/c1-4-20-13-5-6-15-14(8-13)11(3)16(22-15)17(19)21-9-12-7-10(2)23-18-12/h5-8H,4,9H2,1-3H3. The number of carbonyl (C=O) groups excluding carboxylic acids is 1. The van der Waals surface area contributed by atoms with Crippen molar-refractivity contribution in [2.45, 2.75) is 27.4 Å². The Bertz CT molecular complexity index is 846. The number of hydrogen-bond acceptors (Lipinski definition) is 6. The second kappa shape index (κ2) is 6.16. The average Bonchev–Trinajstić information content (AvgIpc) is 3.09. The molecule has 23 heavy (non-hydrogen) atoms. The van der Waals surface area contributed by atoms with Crippen molar-refractivity contribution in [3.8, 4) is 5.75 Å². The number of carbonyl (C=O) groups is 1. The van der Waals surface area contributed by atoms with E-state index in [2.05, 4.69) is 5.16 Å². The first-order valence-corrected chi connectivity index (χ1v) is 7.33.